The summed E-state index contributed by atoms with van der Waals surface area (Å²) in [4.78, 5) is 43.5. The quantitative estimate of drug-likeness (QED) is 0.123. The number of methoxy groups -OCH3 is 1. The van der Waals surface area contributed by atoms with Crippen LogP contribution < -0.4 is 21.1 Å². The largest absolute Gasteiger partial charge is 0.481 e. The first-order valence-electron chi connectivity index (χ1n) is 12.4. The first-order chi connectivity index (χ1) is 19.6. The highest BCUT2D eigenvalue weighted by molar-refractivity contribution is 7.86. The fourth-order valence-electron chi connectivity index (χ4n) is 3.62. The van der Waals surface area contributed by atoms with Gasteiger partial charge in [-0.15, -0.1) is 0 Å². The van der Waals surface area contributed by atoms with Crippen LogP contribution in [0.5, 0.6) is 5.88 Å². The Labute approximate surface area is 242 Å². The van der Waals surface area contributed by atoms with Gasteiger partial charge in [0.15, 0.2) is 0 Å². The lowest BCUT2D eigenvalue weighted by atomic mass is 9.94. The number of nitrogens with two attached hydrogens (primary N) is 1. The van der Waals surface area contributed by atoms with E-state index in [9.17, 15) is 27.9 Å². The van der Waals surface area contributed by atoms with E-state index in [1.54, 1.807) is 26.0 Å². The number of amides is 2. The second-order valence-corrected chi connectivity index (χ2v) is 11.6. The number of nitrogens with zero attached hydrogens (tertiary/aromatic N) is 1. The van der Waals surface area contributed by atoms with Crippen LogP contribution in [0.4, 0.5) is 5.69 Å². The molecule has 0 saturated carbocycles. The molecule has 3 aromatic rings. The standard InChI is InChI=1S/C28H31N5O8S/c1-28(2,15-34)14-31-25(35)17-7-10-19(21(13-17)27(37)41-42(4,38)39)20-11-12-22(40-3)33-23(20)26(36)32-18-8-5-16(6-9-18)24(29)30/h5-13,34H,14-15H2,1-4H3,(H3,29,30)(H,31,35)(H,32,36). The van der Waals surface area contributed by atoms with Crippen LogP contribution in [0, 0.1) is 10.8 Å². The van der Waals surface area contributed by atoms with E-state index in [0.717, 1.165) is 6.07 Å². The number of aliphatic hydroxyl groups is 1. The highest BCUT2D eigenvalue weighted by Gasteiger charge is 2.26. The van der Waals surface area contributed by atoms with Crippen molar-refractivity contribution >= 4 is 39.4 Å². The summed E-state index contributed by atoms with van der Waals surface area (Å²) < 4.78 is 33.4. The number of hydrogen-bond acceptors (Lipinski definition) is 10. The topological polar surface area (TPSA) is 211 Å². The van der Waals surface area contributed by atoms with Crippen LogP contribution in [0.2, 0.25) is 0 Å². The summed E-state index contributed by atoms with van der Waals surface area (Å²) in [5, 5.41) is 22.3. The lowest BCUT2D eigenvalue weighted by molar-refractivity contribution is 0.0748. The van der Waals surface area contributed by atoms with Crippen molar-refractivity contribution in [3.8, 4) is 17.0 Å². The molecule has 0 spiro atoms. The summed E-state index contributed by atoms with van der Waals surface area (Å²) in [6, 6.07) is 13.0. The van der Waals surface area contributed by atoms with E-state index in [-0.39, 0.29) is 52.8 Å². The summed E-state index contributed by atoms with van der Waals surface area (Å²) >= 11 is 0. The van der Waals surface area contributed by atoms with Crippen LogP contribution in [0.3, 0.4) is 0 Å². The Kier molecular flexibility index (Phi) is 9.65. The Morgan fingerprint density at radius 2 is 1.62 bits per heavy atom. The van der Waals surface area contributed by atoms with Crippen LogP contribution >= 0.6 is 0 Å². The minimum Gasteiger partial charge on any atom is -0.481 e. The van der Waals surface area contributed by atoms with Crippen LogP contribution in [0.1, 0.15) is 50.6 Å². The number of nitrogen functional groups attached to an aromatic ring is 1. The fraction of sp³-hybridized carbons (Fsp3) is 0.250. The third-order valence-corrected chi connectivity index (χ3v) is 6.38. The highest BCUT2D eigenvalue weighted by atomic mass is 32.2. The summed E-state index contributed by atoms with van der Waals surface area (Å²) in [6.45, 7) is 3.42. The van der Waals surface area contributed by atoms with Gasteiger partial charge in [-0.3, -0.25) is 15.0 Å². The Balaban J connectivity index is 2.10. The van der Waals surface area contributed by atoms with Crippen molar-refractivity contribution in [3.05, 3.63) is 77.0 Å². The average molecular weight is 598 g/mol. The molecular formula is C28H31N5O8S. The molecule has 14 heteroatoms. The fourth-order valence-corrected chi connectivity index (χ4v) is 3.98. The molecular weight excluding hydrogens is 566 g/mol. The molecule has 0 bridgehead atoms. The minimum atomic E-state index is -4.24. The molecule has 0 fully saturated rings. The van der Waals surface area contributed by atoms with Crippen LogP contribution in [-0.4, -0.2) is 68.6 Å². The third-order valence-electron chi connectivity index (χ3n) is 5.92. The molecule has 222 valence electrons. The van der Waals surface area contributed by atoms with E-state index in [1.165, 1.54) is 43.5 Å². The van der Waals surface area contributed by atoms with Crippen molar-refractivity contribution in [1.82, 2.24) is 10.3 Å². The lowest BCUT2D eigenvalue weighted by Gasteiger charge is -2.22. The first-order valence-corrected chi connectivity index (χ1v) is 14.2. The zero-order valence-electron chi connectivity index (χ0n) is 23.3. The number of benzene rings is 2. The van der Waals surface area contributed by atoms with Crippen molar-refractivity contribution in [2.45, 2.75) is 13.8 Å². The molecule has 3 rings (SSSR count). The monoisotopic (exact) mass is 597 g/mol. The molecule has 0 saturated heterocycles. The number of carbonyl (C=O) groups excluding carboxylic acids is 3. The van der Waals surface area contributed by atoms with Gasteiger partial charge < -0.3 is 30.4 Å². The number of amidine groups is 1. The van der Waals surface area contributed by atoms with Crippen molar-refractivity contribution in [2.75, 3.05) is 31.8 Å². The molecule has 0 aliphatic carbocycles. The Bertz CT molecular complexity index is 1640. The van der Waals surface area contributed by atoms with E-state index in [4.69, 9.17) is 15.9 Å². The number of carbonyl (C=O) groups is 3. The first kappa shape index (κ1) is 31.7. The van der Waals surface area contributed by atoms with Crippen molar-refractivity contribution in [3.63, 3.8) is 0 Å². The number of anilines is 1. The smallest absolute Gasteiger partial charge is 0.354 e. The number of rotatable bonds is 11. The van der Waals surface area contributed by atoms with Crippen molar-refractivity contribution < 1.29 is 36.8 Å². The maximum absolute atomic E-state index is 13.4. The van der Waals surface area contributed by atoms with Crippen LogP contribution in [0.25, 0.3) is 11.1 Å². The predicted octanol–water partition coefficient (Wildman–Crippen LogP) is 2.16. The SMILES string of the molecule is COc1ccc(-c2ccc(C(=O)NCC(C)(C)CO)cc2C(=O)OS(C)(=O)=O)c(C(=O)Nc2ccc(C(=N)N)cc2)n1. The number of aromatic nitrogens is 1. The normalized spacial score (nSPS) is 11.4. The summed E-state index contributed by atoms with van der Waals surface area (Å²) in [7, 11) is -2.89. The number of pyridine rings is 1. The zero-order valence-corrected chi connectivity index (χ0v) is 24.2. The average Bonchev–Trinajstić information content (AvgIpc) is 2.94. The maximum Gasteiger partial charge on any atom is 0.354 e. The molecule has 0 aliphatic rings. The predicted molar refractivity (Wildman–Crippen MR) is 155 cm³/mol. The van der Waals surface area contributed by atoms with E-state index < -0.39 is 33.3 Å². The molecule has 2 aromatic carbocycles. The van der Waals surface area contributed by atoms with Gasteiger partial charge in [0.25, 0.3) is 11.8 Å². The van der Waals surface area contributed by atoms with E-state index in [2.05, 4.69) is 19.8 Å². The number of hydrogen-bond donors (Lipinski definition) is 5. The van der Waals surface area contributed by atoms with Gasteiger partial charge in [0.05, 0.1) is 18.9 Å². The van der Waals surface area contributed by atoms with Gasteiger partial charge in [0, 0.05) is 47.0 Å². The molecule has 2 amide bonds. The van der Waals surface area contributed by atoms with Crippen LogP contribution in [-0.2, 0) is 14.3 Å². The van der Waals surface area contributed by atoms with Gasteiger partial charge in [-0.05, 0) is 48.0 Å². The van der Waals surface area contributed by atoms with Crippen LogP contribution in [0.15, 0.2) is 54.6 Å². The van der Waals surface area contributed by atoms with E-state index >= 15 is 0 Å². The lowest BCUT2D eigenvalue weighted by Crippen LogP contribution is -2.36. The van der Waals surface area contributed by atoms with Gasteiger partial charge >= 0.3 is 16.1 Å². The van der Waals surface area contributed by atoms with Crippen molar-refractivity contribution in [2.24, 2.45) is 11.1 Å². The van der Waals surface area contributed by atoms with Gasteiger partial charge in [0.1, 0.15) is 11.5 Å². The Morgan fingerprint density at radius 1 is 1.00 bits per heavy atom. The van der Waals surface area contributed by atoms with E-state index in [0.29, 0.717) is 17.5 Å². The van der Waals surface area contributed by atoms with Gasteiger partial charge in [-0.2, -0.15) is 8.42 Å². The van der Waals surface area contributed by atoms with E-state index in [1.807, 2.05) is 0 Å². The second kappa shape index (κ2) is 12.8. The Hall–Kier alpha value is -4.82. The molecule has 1 aromatic heterocycles. The summed E-state index contributed by atoms with van der Waals surface area (Å²) in [5.74, 6) is -2.63. The molecule has 0 radical (unpaired) electrons. The second-order valence-electron chi connectivity index (χ2n) is 10.0. The molecule has 6 N–H and O–H groups in total. The number of aliphatic hydroxyl groups excluding tert-OH is 1. The van der Waals surface area contributed by atoms with Gasteiger partial charge in [-0.25, -0.2) is 9.78 Å². The molecule has 0 unspecified atom stereocenters. The molecule has 1 heterocycles. The molecule has 0 aliphatic heterocycles. The molecule has 13 nitrogen and oxygen atoms in total. The number of ether oxygens (including phenoxy) is 1. The maximum atomic E-state index is 13.4. The van der Waals surface area contributed by atoms with Gasteiger partial charge in [-0.1, -0.05) is 19.9 Å². The highest BCUT2D eigenvalue weighted by Crippen LogP contribution is 2.31. The van der Waals surface area contributed by atoms with Gasteiger partial charge in [0.2, 0.25) is 5.88 Å². The molecule has 0 atom stereocenters. The molecule has 42 heavy (non-hydrogen) atoms. The Morgan fingerprint density at radius 3 is 2.19 bits per heavy atom. The zero-order chi connectivity index (χ0) is 31.2. The summed E-state index contributed by atoms with van der Waals surface area (Å²) in [6.07, 6.45) is 0.698. The minimum absolute atomic E-state index is 0.00553. The third kappa shape index (κ3) is 8.11. The van der Waals surface area contributed by atoms with Crippen molar-refractivity contribution in [1.29, 1.82) is 5.41 Å². The number of nitrogens with one attached hydrogen (secondary N) is 3. The summed E-state index contributed by atoms with van der Waals surface area (Å²) in [5.41, 5.74) is 5.35.